The summed E-state index contributed by atoms with van der Waals surface area (Å²) in [6, 6.07) is 0.0461. The molecule has 102 valence electrons. The molecule has 0 bridgehead atoms. The Balaban J connectivity index is 2.73. The molecule has 0 aliphatic carbocycles. The van der Waals surface area contributed by atoms with Gasteiger partial charge in [-0.15, -0.1) is 0 Å². The Morgan fingerprint density at radius 3 is 2.78 bits per heavy atom. The summed E-state index contributed by atoms with van der Waals surface area (Å²) in [5.41, 5.74) is 0. The first kappa shape index (κ1) is 14.9. The van der Waals surface area contributed by atoms with Crippen molar-refractivity contribution in [3.8, 4) is 0 Å². The quantitative estimate of drug-likeness (QED) is 0.734. The molecule has 0 radical (unpaired) electrons. The highest BCUT2D eigenvalue weighted by Crippen LogP contribution is 2.05. The van der Waals surface area contributed by atoms with Crippen LogP contribution in [0.3, 0.4) is 0 Å². The van der Waals surface area contributed by atoms with Crippen LogP contribution >= 0.6 is 0 Å². The third-order valence-corrected chi connectivity index (χ3v) is 2.92. The van der Waals surface area contributed by atoms with E-state index >= 15 is 0 Å². The van der Waals surface area contributed by atoms with Gasteiger partial charge in [0.25, 0.3) is 0 Å². The first-order valence-corrected chi connectivity index (χ1v) is 6.52. The number of ether oxygens (including phenoxy) is 1. The minimum absolute atomic E-state index is 0.0461. The van der Waals surface area contributed by atoms with Gasteiger partial charge in [0.15, 0.2) is 0 Å². The van der Waals surface area contributed by atoms with Gasteiger partial charge in [-0.05, 0) is 18.4 Å². The summed E-state index contributed by atoms with van der Waals surface area (Å²) in [6.07, 6.45) is 9.16. The third-order valence-electron chi connectivity index (χ3n) is 2.92. The molecule has 0 aromatic carbocycles. The van der Waals surface area contributed by atoms with Gasteiger partial charge in [0, 0.05) is 26.1 Å². The number of carbonyl (C=O) groups is 1. The number of nitrogens with one attached hydrogen (secondary N) is 2. The smallest absolute Gasteiger partial charge is 0.224 e. The predicted octanol–water partition coefficient (Wildman–Crippen LogP) is 1.60. The van der Waals surface area contributed by atoms with Crippen molar-refractivity contribution in [2.24, 2.45) is 5.92 Å². The van der Waals surface area contributed by atoms with E-state index in [0.717, 1.165) is 13.0 Å². The highest BCUT2D eigenvalue weighted by molar-refractivity contribution is 5.78. The van der Waals surface area contributed by atoms with Crippen LogP contribution in [0.25, 0.3) is 0 Å². The van der Waals surface area contributed by atoms with Crippen molar-refractivity contribution in [2.75, 3.05) is 13.7 Å². The van der Waals surface area contributed by atoms with E-state index in [1.165, 1.54) is 0 Å². The zero-order valence-corrected chi connectivity index (χ0v) is 11.5. The van der Waals surface area contributed by atoms with Gasteiger partial charge in [0.05, 0.1) is 0 Å². The summed E-state index contributed by atoms with van der Waals surface area (Å²) >= 11 is 0. The lowest BCUT2D eigenvalue weighted by Crippen LogP contribution is -2.38. The molecule has 0 aromatic rings. The van der Waals surface area contributed by atoms with Crippen molar-refractivity contribution in [3.63, 3.8) is 0 Å². The number of hydrogen-bond donors (Lipinski definition) is 2. The molecule has 2 N–H and O–H groups in total. The maximum atomic E-state index is 11.7. The number of rotatable bonds is 2. The monoisotopic (exact) mass is 252 g/mol. The molecule has 4 nitrogen and oxygen atoms in total. The molecule has 0 aromatic heterocycles. The minimum atomic E-state index is -0.101. The topological polar surface area (TPSA) is 50.4 Å². The van der Waals surface area contributed by atoms with Gasteiger partial charge in [0.1, 0.15) is 6.23 Å². The molecule has 4 heteroatoms. The van der Waals surface area contributed by atoms with E-state index in [9.17, 15) is 4.79 Å². The maximum absolute atomic E-state index is 11.7. The molecule has 2 atom stereocenters. The predicted molar refractivity (Wildman–Crippen MR) is 73.1 cm³/mol. The molecule has 1 heterocycles. The van der Waals surface area contributed by atoms with E-state index in [2.05, 4.69) is 24.5 Å². The second-order valence-electron chi connectivity index (χ2n) is 4.80. The summed E-state index contributed by atoms with van der Waals surface area (Å²) in [5, 5.41) is 6.30. The summed E-state index contributed by atoms with van der Waals surface area (Å²) in [5.74, 6) is 0.423. The molecule has 1 aliphatic rings. The number of amides is 1. The Bertz CT molecular complexity index is 311. The first-order chi connectivity index (χ1) is 8.63. The highest BCUT2D eigenvalue weighted by atomic mass is 16.5. The Morgan fingerprint density at radius 1 is 1.33 bits per heavy atom. The van der Waals surface area contributed by atoms with Gasteiger partial charge in [-0.25, -0.2) is 0 Å². The normalized spacial score (nSPS) is 30.1. The van der Waals surface area contributed by atoms with Crippen LogP contribution in [0, 0.1) is 5.92 Å². The average molecular weight is 252 g/mol. The van der Waals surface area contributed by atoms with Crippen molar-refractivity contribution in [2.45, 2.75) is 39.0 Å². The summed E-state index contributed by atoms with van der Waals surface area (Å²) in [7, 11) is 1.67. The molecule has 0 saturated carbocycles. The van der Waals surface area contributed by atoms with Gasteiger partial charge in [-0.3, -0.25) is 10.1 Å². The molecule has 1 amide bonds. The van der Waals surface area contributed by atoms with Crippen molar-refractivity contribution in [1.29, 1.82) is 0 Å². The van der Waals surface area contributed by atoms with E-state index in [4.69, 9.17) is 4.74 Å². The summed E-state index contributed by atoms with van der Waals surface area (Å²) in [4.78, 5) is 11.7. The van der Waals surface area contributed by atoms with Crippen LogP contribution in [0.15, 0.2) is 24.3 Å². The van der Waals surface area contributed by atoms with E-state index < -0.39 is 0 Å². The summed E-state index contributed by atoms with van der Waals surface area (Å²) in [6.45, 7) is 5.02. The molecule has 0 saturated heterocycles. The lowest BCUT2D eigenvalue weighted by molar-refractivity contribution is -0.120. The van der Waals surface area contributed by atoms with Gasteiger partial charge >= 0.3 is 0 Å². The molecule has 1 aliphatic heterocycles. The minimum Gasteiger partial charge on any atom is -0.363 e. The molecule has 1 unspecified atom stereocenters. The van der Waals surface area contributed by atoms with Crippen molar-refractivity contribution >= 4 is 5.91 Å². The van der Waals surface area contributed by atoms with E-state index in [1.54, 1.807) is 7.11 Å². The Kier molecular flexibility index (Phi) is 6.68. The average Bonchev–Trinajstić information content (AvgIpc) is 2.33. The molecule has 0 fully saturated rings. The van der Waals surface area contributed by atoms with Crippen molar-refractivity contribution < 1.29 is 9.53 Å². The Hall–Kier alpha value is -1.13. The van der Waals surface area contributed by atoms with Gasteiger partial charge in [0.2, 0.25) is 5.91 Å². The highest BCUT2D eigenvalue weighted by Gasteiger charge is 2.13. The molecular weight excluding hydrogens is 228 g/mol. The van der Waals surface area contributed by atoms with Crippen LogP contribution in [-0.2, 0) is 9.53 Å². The SMILES string of the molecule is COC1/C=C/[C@H](C(C)C)NC(=O)C/C=C/CCN1. The second kappa shape index (κ2) is 8.06. The fourth-order valence-corrected chi connectivity index (χ4v) is 1.75. The van der Waals surface area contributed by atoms with E-state index in [-0.39, 0.29) is 18.2 Å². The van der Waals surface area contributed by atoms with Crippen LogP contribution in [0.2, 0.25) is 0 Å². The number of carbonyl (C=O) groups excluding carboxylic acids is 1. The summed E-state index contributed by atoms with van der Waals surface area (Å²) < 4.78 is 5.32. The van der Waals surface area contributed by atoms with Crippen molar-refractivity contribution in [1.82, 2.24) is 10.6 Å². The fourth-order valence-electron chi connectivity index (χ4n) is 1.75. The zero-order valence-electron chi connectivity index (χ0n) is 11.5. The zero-order chi connectivity index (χ0) is 13.4. The van der Waals surface area contributed by atoms with Crippen molar-refractivity contribution in [3.05, 3.63) is 24.3 Å². The molecule has 1 rings (SSSR count). The van der Waals surface area contributed by atoms with Crippen LogP contribution in [0.4, 0.5) is 0 Å². The molecule has 18 heavy (non-hydrogen) atoms. The standard InChI is InChI=1S/C14H24N2O2/c1-11(2)12-8-9-14(18-3)15-10-6-4-5-7-13(17)16-12/h4-5,8-9,11-12,14-15H,6-7,10H2,1-3H3,(H,16,17)/b5-4+,9-8+/t12-,14?/m1/s1. The second-order valence-corrected chi connectivity index (χ2v) is 4.80. The number of hydrogen-bond acceptors (Lipinski definition) is 3. The Labute approximate surface area is 109 Å². The molecule has 0 spiro atoms. The van der Waals surface area contributed by atoms with Crippen LogP contribution in [0.1, 0.15) is 26.7 Å². The Morgan fingerprint density at radius 2 is 2.11 bits per heavy atom. The third kappa shape index (κ3) is 5.47. The van der Waals surface area contributed by atoms with Crippen LogP contribution < -0.4 is 10.6 Å². The fraction of sp³-hybridized carbons (Fsp3) is 0.643. The van der Waals surface area contributed by atoms with E-state index in [1.807, 2.05) is 24.3 Å². The lowest BCUT2D eigenvalue weighted by atomic mass is 10.0. The largest absolute Gasteiger partial charge is 0.363 e. The first-order valence-electron chi connectivity index (χ1n) is 6.52. The molecular formula is C14H24N2O2. The van der Waals surface area contributed by atoms with Crippen LogP contribution in [0.5, 0.6) is 0 Å². The van der Waals surface area contributed by atoms with Gasteiger partial charge < -0.3 is 10.1 Å². The number of methoxy groups -OCH3 is 1. The van der Waals surface area contributed by atoms with Crippen LogP contribution in [-0.4, -0.2) is 31.8 Å². The van der Waals surface area contributed by atoms with Gasteiger partial charge in [-0.2, -0.15) is 0 Å². The van der Waals surface area contributed by atoms with E-state index in [0.29, 0.717) is 12.3 Å². The van der Waals surface area contributed by atoms with Gasteiger partial charge in [-0.1, -0.05) is 32.1 Å². The lowest BCUT2D eigenvalue weighted by Gasteiger charge is -2.20. The maximum Gasteiger partial charge on any atom is 0.224 e.